The zero-order valence-electron chi connectivity index (χ0n) is 16.2. The van der Waals surface area contributed by atoms with E-state index >= 15 is 0 Å². The molecule has 1 aliphatic heterocycles. The number of phenolic OH excluding ortho intramolecular Hbond substituents is 1. The maximum atomic E-state index is 12.2. The van der Waals surface area contributed by atoms with Crippen LogP contribution in [0.25, 0.3) is 0 Å². The van der Waals surface area contributed by atoms with Gasteiger partial charge >= 0.3 is 6.03 Å². The van der Waals surface area contributed by atoms with E-state index in [1.54, 1.807) is 12.1 Å². The SMILES string of the molecule is Cc1ccc(NC(=O)NC(=O)CN2CCN(c3ccccc3O)CC2)cc1C. The number of phenols is 1. The van der Waals surface area contributed by atoms with Crippen molar-refractivity contribution in [3.8, 4) is 5.75 Å². The molecule has 0 radical (unpaired) electrons. The van der Waals surface area contributed by atoms with Crippen LogP contribution in [0.15, 0.2) is 42.5 Å². The number of hydrogen-bond donors (Lipinski definition) is 3. The zero-order valence-corrected chi connectivity index (χ0v) is 16.2. The molecular weight excluding hydrogens is 356 g/mol. The summed E-state index contributed by atoms with van der Waals surface area (Å²) in [6.07, 6.45) is 0. The van der Waals surface area contributed by atoms with Crippen LogP contribution in [-0.2, 0) is 4.79 Å². The predicted molar refractivity (Wildman–Crippen MR) is 110 cm³/mol. The summed E-state index contributed by atoms with van der Waals surface area (Å²) < 4.78 is 0. The van der Waals surface area contributed by atoms with E-state index in [9.17, 15) is 14.7 Å². The molecule has 0 saturated carbocycles. The molecule has 2 aromatic rings. The Bertz CT molecular complexity index is 860. The second-order valence-corrected chi connectivity index (χ2v) is 7.05. The Morgan fingerprint density at radius 2 is 1.71 bits per heavy atom. The number of rotatable bonds is 4. The number of urea groups is 1. The lowest BCUT2D eigenvalue weighted by Crippen LogP contribution is -2.50. The van der Waals surface area contributed by atoms with Crippen molar-refractivity contribution >= 4 is 23.3 Å². The topological polar surface area (TPSA) is 84.9 Å². The average Bonchev–Trinajstić information content (AvgIpc) is 2.66. The highest BCUT2D eigenvalue weighted by molar-refractivity contribution is 6.01. The summed E-state index contributed by atoms with van der Waals surface area (Å²) in [7, 11) is 0. The lowest BCUT2D eigenvalue weighted by Gasteiger charge is -2.35. The number of piperazine rings is 1. The lowest BCUT2D eigenvalue weighted by atomic mass is 10.1. The number of nitrogens with zero attached hydrogens (tertiary/aromatic N) is 2. The molecule has 0 aromatic heterocycles. The van der Waals surface area contributed by atoms with E-state index in [0.29, 0.717) is 31.9 Å². The Hall–Kier alpha value is -3.06. The first kappa shape index (κ1) is 19.7. The van der Waals surface area contributed by atoms with E-state index in [1.807, 2.05) is 49.1 Å². The van der Waals surface area contributed by atoms with E-state index in [0.717, 1.165) is 16.8 Å². The normalized spacial score (nSPS) is 14.6. The van der Waals surface area contributed by atoms with Crippen molar-refractivity contribution in [2.75, 3.05) is 42.9 Å². The first-order chi connectivity index (χ1) is 13.4. The molecule has 2 aromatic carbocycles. The second-order valence-electron chi connectivity index (χ2n) is 7.05. The fourth-order valence-corrected chi connectivity index (χ4v) is 3.23. The van der Waals surface area contributed by atoms with Gasteiger partial charge in [0, 0.05) is 31.9 Å². The van der Waals surface area contributed by atoms with Crippen LogP contribution < -0.4 is 15.5 Å². The summed E-state index contributed by atoms with van der Waals surface area (Å²) in [6, 6.07) is 12.3. The Morgan fingerprint density at radius 1 is 1.00 bits per heavy atom. The number of amides is 3. The van der Waals surface area contributed by atoms with Gasteiger partial charge in [-0.25, -0.2) is 4.79 Å². The number of para-hydroxylation sites is 2. The van der Waals surface area contributed by atoms with Gasteiger partial charge in [0.1, 0.15) is 5.75 Å². The Kier molecular flexibility index (Phi) is 6.16. The number of benzene rings is 2. The maximum Gasteiger partial charge on any atom is 0.325 e. The van der Waals surface area contributed by atoms with Crippen molar-refractivity contribution < 1.29 is 14.7 Å². The monoisotopic (exact) mass is 382 g/mol. The fourth-order valence-electron chi connectivity index (χ4n) is 3.23. The minimum atomic E-state index is -0.527. The van der Waals surface area contributed by atoms with Gasteiger partial charge in [-0.3, -0.25) is 15.0 Å². The van der Waals surface area contributed by atoms with Gasteiger partial charge in [0.15, 0.2) is 0 Å². The molecule has 0 bridgehead atoms. The molecular formula is C21H26N4O3. The average molecular weight is 382 g/mol. The fraction of sp³-hybridized carbons (Fsp3) is 0.333. The molecule has 28 heavy (non-hydrogen) atoms. The number of aromatic hydroxyl groups is 1. The summed E-state index contributed by atoms with van der Waals surface area (Å²) in [4.78, 5) is 28.3. The van der Waals surface area contributed by atoms with Crippen LogP contribution in [0.3, 0.4) is 0 Å². The van der Waals surface area contributed by atoms with Gasteiger partial charge in [0.05, 0.1) is 12.2 Å². The lowest BCUT2D eigenvalue weighted by molar-refractivity contribution is -0.121. The molecule has 3 N–H and O–H groups in total. The van der Waals surface area contributed by atoms with Crippen LogP contribution in [0.1, 0.15) is 11.1 Å². The van der Waals surface area contributed by atoms with Crippen molar-refractivity contribution in [1.82, 2.24) is 10.2 Å². The van der Waals surface area contributed by atoms with Crippen LogP contribution >= 0.6 is 0 Å². The molecule has 0 spiro atoms. The molecule has 1 fully saturated rings. The van der Waals surface area contributed by atoms with E-state index in [4.69, 9.17) is 0 Å². The first-order valence-corrected chi connectivity index (χ1v) is 9.36. The van der Waals surface area contributed by atoms with Crippen molar-refractivity contribution in [3.63, 3.8) is 0 Å². The maximum absolute atomic E-state index is 12.2. The van der Waals surface area contributed by atoms with Crippen LogP contribution in [0.2, 0.25) is 0 Å². The summed E-state index contributed by atoms with van der Waals surface area (Å²) in [5, 5.41) is 15.0. The molecule has 1 saturated heterocycles. The van der Waals surface area contributed by atoms with Crippen LogP contribution in [0.4, 0.5) is 16.2 Å². The third-order valence-electron chi connectivity index (χ3n) is 4.98. The van der Waals surface area contributed by atoms with Gasteiger partial charge in [-0.2, -0.15) is 0 Å². The quantitative estimate of drug-likeness (QED) is 0.757. The Labute approximate surface area is 165 Å². The number of nitrogens with one attached hydrogen (secondary N) is 2. The molecule has 0 atom stereocenters. The second kappa shape index (κ2) is 8.75. The molecule has 3 amide bonds. The number of aryl methyl sites for hydroxylation is 2. The number of hydrogen-bond acceptors (Lipinski definition) is 5. The third kappa shape index (κ3) is 5.01. The number of imide groups is 1. The minimum absolute atomic E-state index is 0.162. The number of carbonyl (C=O) groups excluding carboxylic acids is 2. The Morgan fingerprint density at radius 3 is 2.39 bits per heavy atom. The van der Waals surface area contributed by atoms with Crippen molar-refractivity contribution in [2.24, 2.45) is 0 Å². The smallest absolute Gasteiger partial charge is 0.325 e. The van der Waals surface area contributed by atoms with Crippen LogP contribution in [-0.4, -0.2) is 54.7 Å². The minimum Gasteiger partial charge on any atom is -0.506 e. The molecule has 1 aliphatic rings. The number of carbonyl (C=O) groups is 2. The van der Waals surface area contributed by atoms with Crippen LogP contribution in [0.5, 0.6) is 5.75 Å². The van der Waals surface area contributed by atoms with E-state index in [-0.39, 0.29) is 18.2 Å². The zero-order chi connectivity index (χ0) is 20.1. The molecule has 7 nitrogen and oxygen atoms in total. The van der Waals surface area contributed by atoms with Crippen molar-refractivity contribution in [1.29, 1.82) is 0 Å². The predicted octanol–water partition coefficient (Wildman–Crippen LogP) is 2.48. The highest BCUT2D eigenvalue weighted by Gasteiger charge is 2.21. The molecule has 0 unspecified atom stereocenters. The highest BCUT2D eigenvalue weighted by atomic mass is 16.3. The van der Waals surface area contributed by atoms with E-state index in [1.165, 1.54) is 0 Å². The van der Waals surface area contributed by atoms with Gasteiger partial charge in [0.25, 0.3) is 0 Å². The summed E-state index contributed by atoms with van der Waals surface area (Å²) in [6.45, 7) is 6.91. The number of anilines is 2. The van der Waals surface area contributed by atoms with Gasteiger partial charge in [-0.05, 0) is 49.2 Å². The molecule has 3 rings (SSSR count). The van der Waals surface area contributed by atoms with Crippen molar-refractivity contribution in [3.05, 3.63) is 53.6 Å². The molecule has 1 heterocycles. The Balaban J connectivity index is 1.44. The standard InChI is InChI=1S/C21H26N4O3/c1-15-7-8-17(13-16(15)2)22-21(28)23-20(27)14-24-9-11-25(12-10-24)18-5-3-4-6-19(18)26/h3-8,13,26H,9-12,14H2,1-2H3,(H2,22,23,27,28). The summed E-state index contributed by atoms with van der Waals surface area (Å²) in [5.41, 5.74) is 3.68. The van der Waals surface area contributed by atoms with Crippen LogP contribution in [0, 0.1) is 13.8 Å². The third-order valence-corrected chi connectivity index (χ3v) is 4.98. The largest absolute Gasteiger partial charge is 0.506 e. The van der Waals surface area contributed by atoms with E-state index < -0.39 is 6.03 Å². The van der Waals surface area contributed by atoms with Gasteiger partial charge < -0.3 is 15.3 Å². The first-order valence-electron chi connectivity index (χ1n) is 9.36. The summed E-state index contributed by atoms with van der Waals surface area (Å²) >= 11 is 0. The van der Waals surface area contributed by atoms with Gasteiger partial charge in [-0.15, -0.1) is 0 Å². The molecule has 148 valence electrons. The molecule has 7 heteroatoms. The molecule has 0 aliphatic carbocycles. The van der Waals surface area contributed by atoms with Gasteiger partial charge in [-0.1, -0.05) is 18.2 Å². The highest BCUT2D eigenvalue weighted by Crippen LogP contribution is 2.27. The van der Waals surface area contributed by atoms with Crippen molar-refractivity contribution in [2.45, 2.75) is 13.8 Å². The van der Waals surface area contributed by atoms with Gasteiger partial charge in [0.2, 0.25) is 5.91 Å². The summed E-state index contributed by atoms with van der Waals surface area (Å²) in [5.74, 6) is -0.0750. The van der Waals surface area contributed by atoms with E-state index in [2.05, 4.69) is 15.5 Å².